The van der Waals surface area contributed by atoms with Gasteiger partial charge in [0.05, 0.1) is 59.3 Å². The van der Waals surface area contributed by atoms with Gasteiger partial charge in [-0.15, -0.1) is 6.42 Å². The van der Waals surface area contributed by atoms with E-state index in [9.17, 15) is 9.90 Å². The lowest BCUT2D eigenvalue weighted by atomic mass is 9.72. The predicted octanol–water partition coefficient (Wildman–Crippen LogP) is 3.98. The quantitative estimate of drug-likeness (QED) is 0.195. The van der Waals surface area contributed by atoms with Crippen molar-refractivity contribution < 1.29 is 33.6 Å². The lowest BCUT2D eigenvalue weighted by Gasteiger charge is -2.54. The third-order valence-corrected chi connectivity index (χ3v) is 7.06. The number of terminal acetylenes is 1. The molecular formula is C32H52N2O7. The van der Waals surface area contributed by atoms with E-state index in [0.717, 1.165) is 64.2 Å². The van der Waals surface area contributed by atoms with Gasteiger partial charge in [0.1, 0.15) is 18.1 Å². The number of rotatable bonds is 19. The van der Waals surface area contributed by atoms with Crippen molar-refractivity contribution in [3.63, 3.8) is 0 Å². The normalized spacial score (nSPS) is 16.0. The second-order valence-electron chi connectivity index (χ2n) is 10.7. The summed E-state index contributed by atoms with van der Waals surface area (Å²) in [6.45, 7) is 13.7. The van der Waals surface area contributed by atoms with Gasteiger partial charge in [-0.1, -0.05) is 26.2 Å². The highest BCUT2D eigenvalue weighted by molar-refractivity contribution is 5.77. The molecular weight excluding hydrogens is 524 g/mol. The zero-order chi connectivity index (χ0) is 29.6. The number of phenols is 1. The van der Waals surface area contributed by atoms with Crippen molar-refractivity contribution in [1.29, 1.82) is 0 Å². The number of unbranched alkanes of at least 4 members (excludes halogenated alkanes) is 1. The summed E-state index contributed by atoms with van der Waals surface area (Å²) >= 11 is 0. The van der Waals surface area contributed by atoms with Gasteiger partial charge in [-0.3, -0.25) is 4.79 Å². The average molecular weight is 577 g/mol. The average Bonchev–Trinajstić information content (AvgIpc) is 2.96. The highest BCUT2D eigenvalue weighted by atomic mass is 16.6. The molecule has 41 heavy (non-hydrogen) atoms. The fourth-order valence-electron chi connectivity index (χ4n) is 4.79. The van der Waals surface area contributed by atoms with E-state index < -0.39 is 0 Å². The van der Waals surface area contributed by atoms with Gasteiger partial charge in [-0.25, -0.2) is 0 Å². The number of amides is 1. The summed E-state index contributed by atoms with van der Waals surface area (Å²) < 4.78 is 27.2. The molecule has 0 aromatic heterocycles. The monoisotopic (exact) mass is 576 g/mol. The first-order valence-electron chi connectivity index (χ1n) is 15.2. The molecule has 0 radical (unpaired) electrons. The van der Waals surface area contributed by atoms with E-state index >= 15 is 0 Å². The molecule has 9 heteroatoms. The smallest absolute Gasteiger partial charge is 0.224 e. The Kier molecular flexibility index (Phi) is 18.2. The van der Waals surface area contributed by atoms with Crippen LogP contribution in [-0.2, 0) is 23.7 Å². The van der Waals surface area contributed by atoms with Crippen molar-refractivity contribution in [3.8, 4) is 23.8 Å². The first-order valence-corrected chi connectivity index (χ1v) is 15.2. The van der Waals surface area contributed by atoms with Crippen LogP contribution in [0.3, 0.4) is 0 Å². The predicted molar refractivity (Wildman–Crippen MR) is 160 cm³/mol. The Labute approximate surface area is 247 Å². The lowest BCUT2D eigenvalue weighted by molar-refractivity contribution is -0.148. The zero-order valence-corrected chi connectivity index (χ0v) is 25.3. The van der Waals surface area contributed by atoms with Gasteiger partial charge >= 0.3 is 0 Å². The van der Waals surface area contributed by atoms with Gasteiger partial charge in [-0.05, 0) is 69.6 Å². The van der Waals surface area contributed by atoms with E-state index in [4.69, 9.17) is 30.1 Å². The fourth-order valence-corrected chi connectivity index (χ4v) is 4.79. The Morgan fingerprint density at radius 2 is 1.44 bits per heavy atom. The minimum atomic E-state index is 0.188. The Bertz CT molecular complexity index is 843. The third-order valence-electron chi connectivity index (χ3n) is 7.06. The minimum Gasteiger partial charge on any atom is -0.508 e. The first kappa shape index (κ1) is 34.8. The topological polar surface area (TPSA) is 89.9 Å². The van der Waals surface area contributed by atoms with Crippen LogP contribution in [-0.4, -0.2) is 113 Å². The van der Waals surface area contributed by atoms with E-state index in [-0.39, 0.29) is 11.7 Å². The molecule has 3 rings (SSSR count). The zero-order valence-electron chi connectivity index (χ0n) is 25.3. The molecule has 1 N–H and O–H groups in total. The molecule has 9 nitrogen and oxygen atoms in total. The number of piperidine rings is 1. The maximum absolute atomic E-state index is 12.5. The molecule has 2 saturated heterocycles. The standard InChI is InChI=1S/C29H44N2O7.C3H8/c1-2-15-34-18-20-36-22-23-37-21-19-35-17-9-28(33)31-24-29(25-31)10-13-30(14-11-29)12-3-4-16-38-27-7-5-26(32)6-8-27;1-3-2/h1,5-8,32H,3-4,9-25H2;3H2,1-2H3. The summed E-state index contributed by atoms with van der Waals surface area (Å²) in [5.74, 6) is 3.64. The summed E-state index contributed by atoms with van der Waals surface area (Å²) in [4.78, 5) is 17.0. The molecule has 1 aromatic rings. The van der Waals surface area contributed by atoms with Crippen molar-refractivity contribution in [2.45, 2.75) is 52.4 Å². The van der Waals surface area contributed by atoms with Crippen LogP contribution >= 0.6 is 0 Å². The molecule has 0 saturated carbocycles. The van der Waals surface area contributed by atoms with Crippen LogP contribution in [0.2, 0.25) is 0 Å². The SMILES string of the molecule is C#CCOCCOCCOCCOCCC(=O)N1CC2(CCN(CCCCOc3ccc(O)cc3)CC2)C1.CCC. The van der Waals surface area contributed by atoms with Crippen LogP contribution in [0.1, 0.15) is 52.4 Å². The van der Waals surface area contributed by atoms with Crippen molar-refractivity contribution in [2.24, 2.45) is 5.41 Å². The van der Waals surface area contributed by atoms with Gasteiger partial charge in [0.2, 0.25) is 5.91 Å². The molecule has 0 unspecified atom stereocenters. The Hall–Kier alpha value is -2.35. The largest absolute Gasteiger partial charge is 0.508 e. The molecule has 0 aliphatic carbocycles. The Morgan fingerprint density at radius 1 is 0.878 bits per heavy atom. The second kappa shape index (κ2) is 21.4. The molecule has 2 fully saturated rings. The molecule has 1 aromatic carbocycles. The number of aromatic hydroxyl groups is 1. The number of hydrogen-bond acceptors (Lipinski definition) is 8. The van der Waals surface area contributed by atoms with E-state index in [2.05, 4.69) is 24.7 Å². The molecule has 1 amide bonds. The van der Waals surface area contributed by atoms with Gasteiger partial charge in [0.15, 0.2) is 0 Å². The summed E-state index contributed by atoms with van der Waals surface area (Å²) in [5, 5.41) is 9.32. The highest BCUT2D eigenvalue weighted by Crippen LogP contribution is 2.40. The summed E-state index contributed by atoms with van der Waals surface area (Å²) in [6, 6.07) is 6.86. The number of hydrogen-bond donors (Lipinski definition) is 1. The van der Waals surface area contributed by atoms with Gasteiger partial charge < -0.3 is 38.6 Å². The number of nitrogens with zero attached hydrogens (tertiary/aromatic N) is 2. The van der Waals surface area contributed by atoms with Crippen LogP contribution in [0.15, 0.2) is 24.3 Å². The van der Waals surface area contributed by atoms with E-state index in [1.807, 2.05) is 4.90 Å². The van der Waals surface area contributed by atoms with E-state index in [0.29, 0.717) is 71.3 Å². The van der Waals surface area contributed by atoms with Crippen molar-refractivity contribution in [1.82, 2.24) is 9.80 Å². The van der Waals surface area contributed by atoms with Crippen LogP contribution in [0.5, 0.6) is 11.5 Å². The number of carbonyl (C=O) groups is 1. The van der Waals surface area contributed by atoms with Crippen LogP contribution in [0.4, 0.5) is 0 Å². The number of ether oxygens (including phenoxy) is 5. The lowest BCUT2D eigenvalue weighted by Crippen LogP contribution is -2.62. The molecule has 2 heterocycles. The van der Waals surface area contributed by atoms with Gasteiger partial charge in [-0.2, -0.15) is 0 Å². The molecule has 0 bridgehead atoms. The van der Waals surface area contributed by atoms with E-state index in [1.54, 1.807) is 24.3 Å². The fraction of sp³-hybridized carbons (Fsp3) is 0.719. The number of phenolic OH excluding ortho intramolecular Hbond substituents is 1. The maximum atomic E-state index is 12.5. The summed E-state index contributed by atoms with van der Waals surface area (Å²) in [7, 11) is 0. The molecule has 2 aliphatic rings. The molecule has 232 valence electrons. The maximum Gasteiger partial charge on any atom is 0.224 e. The van der Waals surface area contributed by atoms with Gasteiger partial charge in [0, 0.05) is 18.5 Å². The first-order chi connectivity index (χ1) is 20.0. The minimum absolute atomic E-state index is 0.188. The molecule has 0 atom stereocenters. The van der Waals surface area contributed by atoms with Crippen LogP contribution in [0, 0.1) is 17.8 Å². The summed E-state index contributed by atoms with van der Waals surface area (Å²) in [5.41, 5.74) is 0.318. The van der Waals surface area contributed by atoms with Crippen molar-refractivity contribution >= 4 is 5.91 Å². The molecule has 2 aliphatic heterocycles. The number of carbonyl (C=O) groups excluding carboxylic acids is 1. The second-order valence-corrected chi connectivity index (χ2v) is 10.7. The van der Waals surface area contributed by atoms with Gasteiger partial charge in [0.25, 0.3) is 0 Å². The van der Waals surface area contributed by atoms with Crippen molar-refractivity contribution in [2.75, 3.05) is 92.2 Å². The van der Waals surface area contributed by atoms with E-state index in [1.165, 1.54) is 6.42 Å². The van der Waals surface area contributed by atoms with Crippen molar-refractivity contribution in [3.05, 3.63) is 24.3 Å². The summed E-state index contributed by atoms with van der Waals surface area (Å²) in [6.07, 6.45) is 11.2. The Balaban J connectivity index is 0.00000187. The third kappa shape index (κ3) is 14.9. The Morgan fingerprint density at radius 3 is 2.02 bits per heavy atom. The van der Waals surface area contributed by atoms with Crippen LogP contribution in [0.25, 0.3) is 0 Å². The molecule has 1 spiro atoms. The highest BCUT2D eigenvalue weighted by Gasteiger charge is 2.46. The van der Waals surface area contributed by atoms with Crippen LogP contribution < -0.4 is 4.74 Å². The number of benzene rings is 1. The number of likely N-dealkylation sites (tertiary alicyclic amines) is 2.